The molecule has 0 aromatic carbocycles. The lowest BCUT2D eigenvalue weighted by Crippen LogP contribution is -2.35. The van der Waals surface area contributed by atoms with Gasteiger partial charge < -0.3 is 0 Å². The van der Waals surface area contributed by atoms with Crippen molar-refractivity contribution in [1.82, 2.24) is 9.80 Å². The molecule has 0 unspecified atom stereocenters. The van der Waals surface area contributed by atoms with Gasteiger partial charge in [-0.15, -0.1) is 23.2 Å². The molecule has 1 saturated carbocycles. The monoisotopic (exact) mass is 264 g/mol. The number of carbonyl (C=O) groups is 3. The van der Waals surface area contributed by atoms with Gasteiger partial charge in [-0.3, -0.25) is 19.4 Å². The Morgan fingerprint density at radius 1 is 1.25 bits per heavy atom. The molecule has 88 valence electrons. The lowest BCUT2D eigenvalue weighted by Gasteiger charge is -2.13. The summed E-state index contributed by atoms with van der Waals surface area (Å²) in [6.07, 6.45) is 0.535. The molecule has 2 rings (SSSR count). The van der Waals surface area contributed by atoms with E-state index in [1.807, 2.05) is 0 Å². The maximum absolute atomic E-state index is 11.7. The van der Waals surface area contributed by atoms with Gasteiger partial charge in [-0.05, 0) is 13.3 Å². The number of alkyl halides is 2. The van der Waals surface area contributed by atoms with E-state index in [9.17, 15) is 14.4 Å². The van der Waals surface area contributed by atoms with E-state index in [0.29, 0.717) is 6.42 Å². The molecule has 16 heavy (non-hydrogen) atoms. The number of halogens is 2. The molecule has 1 atom stereocenters. The number of nitrogens with zero attached hydrogens (tertiary/aromatic N) is 2. The van der Waals surface area contributed by atoms with Gasteiger partial charge in [-0.2, -0.15) is 0 Å². The second kappa shape index (κ2) is 3.60. The first-order valence-electron chi connectivity index (χ1n) is 4.93. The summed E-state index contributed by atoms with van der Waals surface area (Å²) in [4.78, 5) is 36.3. The Hall–Kier alpha value is -0.810. The van der Waals surface area contributed by atoms with E-state index in [2.05, 4.69) is 0 Å². The van der Waals surface area contributed by atoms with Gasteiger partial charge in [0.05, 0.1) is 0 Å². The normalized spacial score (nSPS) is 27.9. The summed E-state index contributed by atoms with van der Waals surface area (Å²) in [6, 6.07) is -0.575. The highest BCUT2D eigenvalue weighted by Crippen LogP contribution is 2.53. The number of likely N-dealkylation sites (N-methyl/N-ethyl adjacent to an activating group) is 1. The number of rotatable bonds is 3. The van der Waals surface area contributed by atoms with Crippen molar-refractivity contribution in [2.75, 3.05) is 13.1 Å². The van der Waals surface area contributed by atoms with Gasteiger partial charge in [0.15, 0.2) is 0 Å². The second-order valence-electron chi connectivity index (χ2n) is 3.91. The number of carbonyl (C=O) groups excluding carboxylic acids is 3. The Labute approximate surface area is 102 Å². The molecule has 0 spiro atoms. The summed E-state index contributed by atoms with van der Waals surface area (Å²) < 4.78 is -0.858. The average Bonchev–Trinajstić information content (AvgIpc) is 2.75. The molecule has 2 fully saturated rings. The van der Waals surface area contributed by atoms with Gasteiger partial charge in [0.1, 0.15) is 4.33 Å². The maximum atomic E-state index is 11.7. The fraction of sp³-hybridized carbons (Fsp3) is 0.667. The molecular formula is C9H10Cl2N2O3. The molecule has 1 heterocycles. The predicted molar refractivity (Wildman–Crippen MR) is 57.0 cm³/mol. The summed E-state index contributed by atoms with van der Waals surface area (Å²) >= 11 is 11.6. The Kier molecular flexibility index (Phi) is 2.62. The van der Waals surface area contributed by atoms with Gasteiger partial charge >= 0.3 is 17.8 Å². The fourth-order valence-corrected chi connectivity index (χ4v) is 2.19. The van der Waals surface area contributed by atoms with E-state index in [1.54, 1.807) is 6.92 Å². The number of hydrogen-bond acceptors (Lipinski definition) is 3. The molecule has 2 aliphatic rings. The van der Waals surface area contributed by atoms with E-state index >= 15 is 0 Å². The summed E-state index contributed by atoms with van der Waals surface area (Å²) in [5, 5.41) is 0. The summed E-state index contributed by atoms with van der Waals surface area (Å²) in [6.45, 7) is 1.95. The topological polar surface area (TPSA) is 57.7 Å². The molecule has 0 radical (unpaired) electrons. The first kappa shape index (κ1) is 11.7. The molecule has 7 heteroatoms. The van der Waals surface area contributed by atoms with Crippen molar-refractivity contribution in [3.05, 3.63) is 0 Å². The number of urea groups is 1. The maximum Gasteiger partial charge on any atom is 0.334 e. The Morgan fingerprint density at radius 3 is 2.12 bits per heavy atom. The Balaban J connectivity index is 2.08. The van der Waals surface area contributed by atoms with Crippen molar-refractivity contribution in [2.24, 2.45) is 5.92 Å². The minimum Gasteiger partial charge on any atom is -0.263 e. The first-order valence-corrected chi connectivity index (χ1v) is 5.69. The standard InChI is InChI=1S/C9H10Cl2N2O3/c1-2-12-6(14)7(15)13(8(12)16)4-5-3-9(5,10)11/h5H,2-4H2,1H3/t5-/m1/s1. The molecule has 0 aromatic heterocycles. The summed E-state index contributed by atoms with van der Waals surface area (Å²) in [5.41, 5.74) is 0. The zero-order valence-corrected chi connectivity index (χ0v) is 10.1. The van der Waals surface area contributed by atoms with Crippen LogP contribution in [-0.4, -0.2) is 45.1 Å². The van der Waals surface area contributed by atoms with Crippen LogP contribution in [0, 0.1) is 5.92 Å². The van der Waals surface area contributed by atoms with Crippen LogP contribution in [0.4, 0.5) is 4.79 Å². The van der Waals surface area contributed by atoms with Crippen molar-refractivity contribution >= 4 is 41.0 Å². The third kappa shape index (κ3) is 1.68. The highest BCUT2D eigenvalue weighted by molar-refractivity contribution is 6.51. The average molecular weight is 265 g/mol. The van der Waals surface area contributed by atoms with Gasteiger partial charge in [0, 0.05) is 19.0 Å². The van der Waals surface area contributed by atoms with Crippen LogP contribution in [0.2, 0.25) is 0 Å². The van der Waals surface area contributed by atoms with Gasteiger partial charge in [-0.25, -0.2) is 4.79 Å². The van der Waals surface area contributed by atoms with Gasteiger partial charge in [0.25, 0.3) is 0 Å². The minimum atomic E-state index is -0.858. The number of imide groups is 2. The predicted octanol–water partition coefficient (Wildman–Crippen LogP) is 0.991. The van der Waals surface area contributed by atoms with Crippen LogP contribution in [0.5, 0.6) is 0 Å². The van der Waals surface area contributed by atoms with Crippen molar-refractivity contribution in [1.29, 1.82) is 0 Å². The number of hydrogen-bond donors (Lipinski definition) is 0. The molecule has 1 aliphatic carbocycles. The molecular weight excluding hydrogens is 255 g/mol. The lowest BCUT2D eigenvalue weighted by atomic mass is 10.4. The Morgan fingerprint density at radius 2 is 1.75 bits per heavy atom. The third-order valence-corrected chi connectivity index (χ3v) is 3.74. The quantitative estimate of drug-likeness (QED) is 0.434. The van der Waals surface area contributed by atoms with Crippen LogP contribution in [0.1, 0.15) is 13.3 Å². The summed E-state index contributed by atoms with van der Waals surface area (Å²) in [7, 11) is 0. The molecule has 0 N–H and O–H groups in total. The van der Waals surface area contributed by atoms with E-state index in [-0.39, 0.29) is 19.0 Å². The Bertz CT molecular complexity index is 383. The smallest absolute Gasteiger partial charge is 0.263 e. The molecule has 0 bridgehead atoms. The van der Waals surface area contributed by atoms with Crippen molar-refractivity contribution in [2.45, 2.75) is 17.7 Å². The molecule has 5 nitrogen and oxygen atoms in total. The third-order valence-electron chi connectivity index (χ3n) is 2.81. The number of amides is 4. The largest absolute Gasteiger partial charge is 0.334 e. The lowest BCUT2D eigenvalue weighted by molar-refractivity contribution is -0.143. The molecule has 4 amide bonds. The zero-order valence-electron chi connectivity index (χ0n) is 8.57. The van der Waals surface area contributed by atoms with Crippen molar-refractivity contribution in [3.63, 3.8) is 0 Å². The first-order chi connectivity index (χ1) is 7.38. The van der Waals surface area contributed by atoms with E-state index in [1.165, 1.54) is 0 Å². The zero-order chi connectivity index (χ0) is 12.1. The van der Waals surface area contributed by atoms with Crippen LogP contribution in [0.3, 0.4) is 0 Å². The van der Waals surface area contributed by atoms with Gasteiger partial charge in [0.2, 0.25) is 0 Å². The SMILES string of the molecule is CCN1C(=O)C(=O)N(C[C@H]2CC2(Cl)Cl)C1=O. The van der Waals surface area contributed by atoms with Gasteiger partial charge in [-0.1, -0.05) is 0 Å². The highest BCUT2D eigenvalue weighted by atomic mass is 35.5. The van der Waals surface area contributed by atoms with E-state index in [0.717, 1.165) is 9.80 Å². The van der Waals surface area contributed by atoms with Crippen LogP contribution in [-0.2, 0) is 9.59 Å². The van der Waals surface area contributed by atoms with Crippen molar-refractivity contribution < 1.29 is 14.4 Å². The second-order valence-corrected chi connectivity index (χ2v) is 5.45. The van der Waals surface area contributed by atoms with Crippen LogP contribution in [0.25, 0.3) is 0 Å². The van der Waals surface area contributed by atoms with Crippen molar-refractivity contribution in [3.8, 4) is 0 Å². The molecule has 1 aliphatic heterocycles. The molecule has 0 aromatic rings. The van der Waals surface area contributed by atoms with Crippen LogP contribution < -0.4 is 0 Å². The summed E-state index contributed by atoms with van der Waals surface area (Å²) in [5.74, 6) is -1.70. The highest BCUT2D eigenvalue weighted by Gasteiger charge is 2.55. The van der Waals surface area contributed by atoms with E-state index in [4.69, 9.17) is 23.2 Å². The van der Waals surface area contributed by atoms with Crippen LogP contribution in [0.15, 0.2) is 0 Å². The minimum absolute atomic E-state index is 0.118. The van der Waals surface area contributed by atoms with E-state index < -0.39 is 22.2 Å². The molecule has 1 saturated heterocycles. The van der Waals surface area contributed by atoms with Crippen LogP contribution >= 0.6 is 23.2 Å². The fourth-order valence-electron chi connectivity index (χ4n) is 1.68.